The molecule has 98 valence electrons. The van der Waals surface area contributed by atoms with E-state index in [0.29, 0.717) is 29.6 Å². The molecule has 0 fully saturated rings. The molecule has 0 aliphatic heterocycles. The summed E-state index contributed by atoms with van der Waals surface area (Å²) in [4.78, 5) is 22.4. The van der Waals surface area contributed by atoms with Gasteiger partial charge in [-0.2, -0.15) is 0 Å². The van der Waals surface area contributed by atoms with Crippen LogP contribution in [0.2, 0.25) is 0 Å². The molecule has 0 unspecified atom stereocenters. The zero-order chi connectivity index (χ0) is 13.5. The summed E-state index contributed by atoms with van der Waals surface area (Å²) in [5.74, 6) is -1.20. The number of ether oxygens (including phenoxy) is 1. The zero-order valence-electron chi connectivity index (χ0n) is 9.90. The Labute approximate surface area is 113 Å². The van der Waals surface area contributed by atoms with E-state index in [9.17, 15) is 9.59 Å². The lowest BCUT2D eigenvalue weighted by Crippen LogP contribution is -2.13. The van der Waals surface area contributed by atoms with Crippen molar-refractivity contribution < 1.29 is 19.4 Å². The van der Waals surface area contributed by atoms with E-state index in [4.69, 9.17) is 9.84 Å². The van der Waals surface area contributed by atoms with Crippen molar-refractivity contribution in [1.29, 1.82) is 0 Å². The maximum atomic E-state index is 11.6. The van der Waals surface area contributed by atoms with E-state index >= 15 is 0 Å². The van der Waals surface area contributed by atoms with Gasteiger partial charge in [-0.15, -0.1) is 0 Å². The van der Waals surface area contributed by atoms with Crippen LogP contribution in [0.1, 0.15) is 23.2 Å². The molecule has 1 aromatic carbocycles. The molecule has 0 spiro atoms. The van der Waals surface area contributed by atoms with E-state index in [1.165, 1.54) is 12.1 Å². The first-order valence-corrected chi connectivity index (χ1v) is 6.15. The van der Waals surface area contributed by atoms with Crippen molar-refractivity contribution in [2.75, 3.05) is 19.0 Å². The van der Waals surface area contributed by atoms with Crippen LogP contribution < -0.4 is 5.32 Å². The number of halogens is 1. The Morgan fingerprint density at radius 3 is 2.78 bits per heavy atom. The van der Waals surface area contributed by atoms with Crippen LogP contribution in [0, 0.1) is 0 Å². The van der Waals surface area contributed by atoms with Crippen LogP contribution in [0.5, 0.6) is 0 Å². The lowest BCUT2D eigenvalue weighted by molar-refractivity contribution is -0.116. The number of hydrogen-bond donors (Lipinski definition) is 2. The summed E-state index contributed by atoms with van der Waals surface area (Å²) in [6, 6.07) is 4.47. The van der Waals surface area contributed by atoms with Crippen LogP contribution in [0.25, 0.3) is 0 Å². The fourth-order valence-corrected chi connectivity index (χ4v) is 1.69. The van der Waals surface area contributed by atoms with Gasteiger partial charge in [0.2, 0.25) is 5.91 Å². The number of nitrogens with one attached hydrogen (secondary N) is 1. The number of carboxylic acids is 1. The first-order chi connectivity index (χ1) is 8.54. The van der Waals surface area contributed by atoms with Crippen molar-refractivity contribution in [3.63, 3.8) is 0 Å². The van der Waals surface area contributed by atoms with E-state index in [2.05, 4.69) is 21.2 Å². The van der Waals surface area contributed by atoms with Crippen LogP contribution >= 0.6 is 15.9 Å². The van der Waals surface area contributed by atoms with Crippen LogP contribution in [0.3, 0.4) is 0 Å². The third-order valence-corrected chi connectivity index (χ3v) is 2.93. The standard InChI is InChI=1S/C12H14BrNO4/c1-18-6-2-3-11(15)14-10-7-8(12(16)17)4-5-9(10)13/h4-5,7H,2-3,6H2,1H3,(H,14,15)(H,16,17). The number of carbonyl (C=O) groups is 2. The number of anilines is 1. The highest BCUT2D eigenvalue weighted by molar-refractivity contribution is 9.10. The molecule has 1 amide bonds. The number of methoxy groups -OCH3 is 1. The Morgan fingerprint density at radius 2 is 2.17 bits per heavy atom. The molecule has 0 bridgehead atoms. The molecule has 18 heavy (non-hydrogen) atoms. The molecule has 2 N–H and O–H groups in total. The number of aromatic carboxylic acids is 1. The second kappa shape index (κ2) is 7.13. The Morgan fingerprint density at radius 1 is 1.44 bits per heavy atom. The molecular formula is C12H14BrNO4. The highest BCUT2D eigenvalue weighted by atomic mass is 79.9. The molecular weight excluding hydrogens is 302 g/mol. The minimum atomic E-state index is -1.03. The second-order valence-corrected chi connectivity index (χ2v) is 4.50. The van der Waals surface area contributed by atoms with Gasteiger partial charge in [0.05, 0.1) is 11.3 Å². The van der Waals surface area contributed by atoms with E-state index in [1.54, 1.807) is 13.2 Å². The van der Waals surface area contributed by atoms with Gasteiger partial charge in [-0.1, -0.05) is 0 Å². The predicted octanol–water partition coefficient (Wildman–Crippen LogP) is 2.51. The topological polar surface area (TPSA) is 75.6 Å². The van der Waals surface area contributed by atoms with Crippen molar-refractivity contribution >= 4 is 33.5 Å². The van der Waals surface area contributed by atoms with Crippen molar-refractivity contribution in [2.45, 2.75) is 12.8 Å². The minimum absolute atomic E-state index is 0.130. The summed E-state index contributed by atoms with van der Waals surface area (Å²) in [5, 5.41) is 11.5. The second-order valence-electron chi connectivity index (χ2n) is 3.64. The summed E-state index contributed by atoms with van der Waals surface area (Å²) in [6.07, 6.45) is 0.955. The third kappa shape index (κ3) is 4.46. The predicted molar refractivity (Wildman–Crippen MR) is 70.8 cm³/mol. The highest BCUT2D eigenvalue weighted by Gasteiger charge is 2.09. The van der Waals surface area contributed by atoms with Crippen LogP contribution in [-0.4, -0.2) is 30.7 Å². The van der Waals surface area contributed by atoms with Crippen molar-refractivity contribution in [2.24, 2.45) is 0 Å². The summed E-state index contributed by atoms with van der Waals surface area (Å²) in [6.45, 7) is 0.518. The largest absolute Gasteiger partial charge is 0.478 e. The lowest BCUT2D eigenvalue weighted by Gasteiger charge is -2.08. The molecule has 0 saturated carbocycles. The molecule has 0 atom stereocenters. The van der Waals surface area contributed by atoms with E-state index in [0.717, 1.165) is 0 Å². The summed E-state index contributed by atoms with van der Waals surface area (Å²) in [5.41, 5.74) is 0.586. The summed E-state index contributed by atoms with van der Waals surface area (Å²) < 4.78 is 5.50. The fraction of sp³-hybridized carbons (Fsp3) is 0.333. The SMILES string of the molecule is COCCCC(=O)Nc1cc(C(=O)O)ccc1Br. The number of carboxylic acid groups (broad SMARTS) is 1. The smallest absolute Gasteiger partial charge is 0.335 e. The van der Waals surface area contributed by atoms with Gasteiger partial charge in [0.25, 0.3) is 0 Å². The van der Waals surface area contributed by atoms with Crippen LogP contribution in [-0.2, 0) is 9.53 Å². The minimum Gasteiger partial charge on any atom is -0.478 e. The molecule has 0 aliphatic rings. The van der Waals surface area contributed by atoms with Crippen molar-refractivity contribution in [3.8, 4) is 0 Å². The molecule has 5 nitrogen and oxygen atoms in total. The monoisotopic (exact) mass is 315 g/mol. The fourth-order valence-electron chi connectivity index (χ4n) is 1.34. The highest BCUT2D eigenvalue weighted by Crippen LogP contribution is 2.23. The van der Waals surface area contributed by atoms with Gasteiger partial charge in [0, 0.05) is 24.6 Å². The van der Waals surface area contributed by atoms with Gasteiger partial charge in [-0.25, -0.2) is 4.79 Å². The average molecular weight is 316 g/mol. The number of amides is 1. The molecule has 6 heteroatoms. The van der Waals surface area contributed by atoms with Gasteiger partial charge < -0.3 is 15.2 Å². The Kier molecular flexibility index (Phi) is 5.80. The zero-order valence-corrected chi connectivity index (χ0v) is 11.5. The summed E-state index contributed by atoms with van der Waals surface area (Å²) in [7, 11) is 1.57. The maximum absolute atomic E-state index is 11.6. The van der Waals surface area contributed by atoms with Crippen LogP contribution in [0.4, 0.5) is 5.69 Å². The van der Waals surface area contributed by atoms with Gasteiger partial charge in [0.1, 0.15) is 0 Å². The first kappa shape index (κ1) is 14.7. The van der Waals surface area contributed by atoms with E-state index < -0.39 is 5.97 Å². The van der Waals surface area contributed by atoms with E-state index in [1.807, 2.05) is 0 Å². The number of hydrogen-bond acceptors (Lipinski definition) is 3. The number of rotatable bonds is 6. The molecule has 0 aliphatic carbocycles. The normalized spacial score (nSPS) is 10.1. The molecule has 0 aromatic heterocycles. The van der Waals surface area contributed by atoms with E-state index in [-0.39, 0.29) is 11.5 Å². The Balaban J connectivity index is 2.68. The quantitative estimate of drug-likeness (QED) is 0.791. The van der Waals surface area contributed by atoms with Gasteiger partial charge in [-0.3, -0.25) is 4.79 Å². The lowest BCUT2D eigenvalue weighted by atomic mass is 10.2. The van der Waals surface area contributed by atoms with Gasteiger partial charge in [-0.05, 0) is 40.5 Å². The molecule has 0 heterocycles. The van der Waals surface area contributed by atoms with Gasteiger partial charge in [0.15, 0.2) is 0 Å². The first-order valence-electron chi connectivity index (χ1n) is 5.36. The molecule has 1 aromatic rings. The Bertz CT molecular complexity index is 448. The Hall–Kier alpha value is -1.40. The average Bonchev–Trinajstić information content (AvgIpc) is 2.32. The van der Waals surface area contributed by atoms with Crippen molar-refractivity contribution in [1.82, 2.24) is 0 Å². The third-order valence-electron chi connectivity index (χ3n) is 2.24. The van der Waals surface area contributed by atoms with Crippen molar-refractivity contribution in [3.05, 3.63) is 28.2 Å². The maximum Gasteiger partial charge on any atom is 0.335 e. The number of benzene rings is 1. The number of carbonyl (C=O) groups excluding carboxylic acids is 1. The molecule has 0 saturated heterocycles. The molecule has 0 radical (unpaired) electrons. The molecule has 1 rings (SSSR count). The summed E-state index contributed by atoms with van der Waals surface area (Å²) >= 11 is 3.26. The van der Waals surface area contributed by atoms with Gasteiger partial charge >= 0.3 is 5.97 Å². The van der Waals surface area contributed by atoms with Crippen LogP contribution in [0.15, 0.2) is 22.7 Å².